The third-order valence-corrected chi connectivity index (χ3v) is 7.82. The maximum Gasteiger partial charge on any atom is 0.165 e. The Labute approximate surface area is 231 Å². The molecule has 0 spiro atoms. The van der Waals surface area contributed by atoms with E-state index in [1.54, 1.807) is 0 Å². The molecule has 0 unspecified atom stereocenters. The molecule has 1 fully saturated rings. The zero-order chi connectivity index (χ0) is 27.0. The van der Waals surface area contributed by atoms with E-state index in [1.807, 2.05) is 10.7 Å². The van der Waals surface area contributed by atoms with Gasteiger partial charge in [0.15, 0.2) is 5.65 Å². The lowest BCUT2D eigenvalue weighted by molar-refractivity contribution is 0.211. The van der Waals surface area contributed by atoms with Crippen molar-refractivity contribution in [2.45, 2.75) is 39.2 Å². The van der Waals surface area contributed by atoms with E-state index in [0.717, 1.165) is 54.5 Å². The lowest BCUT2D eigenvalue weighted by Gasteiger charge is -2.40. The number of hydrogen-bond acceptors (Lipinski definition) is 4. The van der Waals surface area contributed by atoms with E-state index in [2.05, 4.69) is 128 Å². The molecule has 0 N–H and O–H groups in total. The van der Waals surface area contributed by atoms with Gasteiger partial charge in [-0.25, -0.2) is 4.98 Å². The number of nitrogens with zero attached hydrogens (tertiary/aromatic N) is 5. The highest BCUT2D eigenvalue weighted by atomic mass is 15.4. The predicted molar refractivity (Wildman–Crippen MR) is 160 cm³/mol. The quantitative estimate of drug-likeness (QED) is 0.255. The maximum absolute atomic E-state index is 5.15. The normalized spacial score (nSPS) is 14.8. The van der Waals surface area contributed by atoms with Crippen molar-refractivity contribution in [3.63, 3.8) is 0 Å². The van der Waals surface area contributed by atoms with Crippen LogP contribution < -0.4 is 4.90 Å². The summed E-state index contributed by atoms with van der Waals surface area (Å²) in [7, 11) is 0. The zero-order valence-corrected chi connectivity index (χ0v) is 23.4. The van der Waals surface area contributed by atoms with E-state index >= 15 is 0 Å². The van der Waals surface area contributed by atoms with E-state index in [0.29, 0.717) is 0 Å². The summed E-state index contributed by atoms with van der Waals surface area (Å²) < 4.78 is 2.05. The molecule has 1 saturated heterocycles. The molecule has 5 aromatic rings. The van der Waals surface area contributed by atoms with E-state index in [1.165, 1.54) is 16.7 Å². The van der Waals surface area contributed by atoms with Crippen LogP contribution in [0.25, 0.3) is 16.8 Å². The summed E-state index contributed by atoms with van der Waals surface area (Å²) in [6, 6.07) is 32.9. The van der Waals surface area contributed by atoms with E-state index < -0.39 is 0 Å². The fourth-order valence-electron chi connectivity index (χ4n) is 5.59. The van der Waals surface area contributed by atoms with Crippen molar-refractivity contribution in [1.29, 1.82) is 0 Å². The number of fused-ring (bicyclic) bond motifs is 1. The second-order valence-electron chi connectivity index (χ2n) is 11.7. The number of anilines is 1. The molecule has 0 bridgehead atoms. The van der Waals surface area contributed by atoms with Crippen LogP contribution in [-0.2, 0) is 5.41 Å². The Morgan fingerprint density at radius 2 is 1.33 bits per heavy atom. The van der Waals surface area contributed by atoms with E-state index in [9.17, 15) is 0 Å². The average molecular weight is 516 g/mol. The lowest BCUT2D eigenvalue weighted by atomic mass is 9.91. The Kier molecular flexibility index (Phi) is 6.69. The van der Waals surface area contributed by atoms with Crippen LogP contribution >= 0.6 is 0 Å². The fraction of sp³-hybridized carbons (Fsp3) is 0.294. The molecule has 3 aromatic carbocycles. The number of rotatable bonds is 5. The van der Waals surface area contributed by atoms with E-state index in [4.69, 9.17) is 10.1 Å². The predicted octanol–water partition coefficient (Wildman–Crippen LogP) is 6.91. The van der Waals surface area contributed by atoms with Gasteiger partial charge in [0.05, 0.1) is 17.9 Å². The molecule has 5 heteroatoms. The van der Waals surface area contributed by atoms with Gasteiger partial charge in [-0.1, -0.05) is 111 Å². The monoisotopic (exact) mass is 515 g/mol. The Hall–Kier alpha value is -3.96. The Bertz CT molecular complexity index is 1500. The van der Waals surface area contributed by atoms with Crippen LogP contribution in [0.3, 0.4) is 0 Å². The average Bonchev–Trinajstić information content (AvgIpc) is 3.39. The fourth-order valence-corrected chi connectivity index (χ4v) is 5.59. The van der Waals surface area contributed by atoms with Gasteiger partial charge in [0, 0.05) is 43.2 Å². The van der Waals surface area contributed by atoms with Gasteiger partial charge in [-0.15, -0.1) is 0 Å². The summed E-state index contributed by atoms with van der Waals surface area (Å²) >= 11 is 0. The molecule has 0 saturated carbocycles. The summed E-state index contributed by atoms with van der Waals surface area (Å²) in [6.45, 7) is 12.6. The van der Waals surface area contributed by atoms with Crippen LogP contribution in [0.1, 0.15) is 49.2 Å². The summed E-state index contributed by atoms with van der Waals surface area (Å²) in [6.07, 6.45) is 1.97. The minimum atomic E-state index is -0.0706. The highest BCUT2D eigenvalue weighted by Crippen LogP contribution is 2.33. The maximum atomic E-state index is 5.15. The minimum absolute atomic E-state index is 0.0706. The molecule has 39 heavy (non-hydrogen) atoms. The van der Waals surface area contributed by atoms with Crippen molar-refractivity contribution in [3.8, 4) is 11.1 Å². The molecule has 3 heterocycles. The van der Waals surface area contributed by atoms with Crippen molar-refractivity contribution in [2.24, 2.45) is 0 Å². The summed E-state index contributed by atoms with van der Waals surface area (Å²) in [5, 5.41) is 4.86. The SMILES string of the molecule is Cc1ccc(-c2cnn3c(N4CCN(C(c5ccccc5)c5ccccc5)CC4)cc(C(C)(C)C)nc23)cc1. The number of hydrogen-bond donors (Lipinski definition) is 0. The molecule has 2 aromatic heterocycles. The van der Waals surface area contributed by atoms with Gasteiger partial charge in [-0.2, -0.15) is 9.61 Å². The molecule has 0 amide bonds. The molecule has 1 aliphatic heterocycles. The standard InChI is InChI=1S/C34H37N5/c1-25-15-17-26(18-16-25)29-24-35-39-31(23-30(34(2,3)4)36-33(29)39)37-19-21-38(22-20-37)32(27-11-7-5-8-12-27)28-13-9-6-10-14-28/h5-18,23-24,32H,19-22H2,1-4H3. The summed E-state index contributed by atoms with van der Waals surface area (Å²) in [4.78, 5) is 10.2. The van der Waals surface area contributed by atoms with Crippen LogP contribution in [0.4, 0.5) is 5.82 Å². The first kappa shape index (κ1) is 25.3. The lowest BCUT2D eigenvalue weighted by Crippen LogP contribution is -2.48. The van der Waals surface area contributed by atoms with Crippen molar-refractivity contribution in [3.05, 3.63) is 120 Å². The highest BCUT2D eigenvalue weighted by molar-refractivity contribution is 5.78. The first-order valence-electron chi connectivity index (χ1n) is 13.9. The van der Waals surface area contributed by atoms with Crippen molar-refractivity contribution in [2.75, 3.05) is 31.1 Å². The third-order valence-electron chi connectivity index (χ3n) is 7.82. The molecular formula is C34H37N5. The number of piperazine rings is 1. The van der Waals surface area contributed by atoms with Gasteiger partial charge in [0.2, 0.25) is 0 Å². The topological polar surface area (TPSA) is 36.7 Å². The van der Waals surface area contributed by atoms with Crippen LogP contribution in [-0.4, -0.2) is 45.7 Å². The molecule has 6 rings (SSSR count). The summed E-state index contributed by atoms with van der Waals surface area (Å²) in [5.41, 5.74) is 8.11. The van der Waals surface area contributed by atoms with Crippen LogP contribution in [0.2, 0.25) is 0 Å². The molecule has 0 atom stereocenters. The van der Waals surface area contributed by atoms with Crippen molar-refractivity contribution in [1.82, 2.24) is 19.5 Å². The molecule has 0 aliphatic carbocycles. The largest absolute Gasteiger partial charge is 0.354 e. The van der Waals surface area contributed by atoms with Gasteiger partial charge in [-0.3, -0.25) is 4.90 Å². The van der Waals surface area contributed by atoms with Gasteiger partial charge in [0.25, 0.3) is 0 Å². The Balaban J connectivity index is 1.34. The van der Waals surface area contributed by atoms with Gasteiger partial charge in [0.1, 0.15) is 5.82 Å². The third kappa shape index (κ3) is 5.07. The molecule has 1 aliphatic rings. The minimum Gasteiger partial charge on any atom is -0.354 e. The van der Waals surface area contributed by atoms with Crippen LogP contribution in [0, 0.1) is 6.92 Å². The number of benzene rings is 3. The van der Waals surface area contributed by atoms with Crippen LogP contribution in [0.5, 0.6) is 0 Å². The van der Waals surface area contributed by atoms with Crippen molar-refractivity contribution < 1.29 is 0 Å². The van der Waals surface area contributed by atoms with Crippen LogP contribution in [0.15, 0.2) is 97.2 Å². The summed E-state index contributed by atoms with van der Waals surface area (Å²) in [5.74, 6) is 1.12. The van der Waals surface area contributed by atoms with E-state index in [-0.39, 0.29) is 11.5 Å². The second kappa shape index (κ2) is 10.3. The smallest absolute Gasteiger partial charge is 0.165 e. The Morgan fingerprint density at radius 1 is 0.744 bits per heavy atom. The molecule has 0 radical (unpaired) electrons. The number of aryl methyl sites for hydroxylation is 1. The van der Waals surface area contributed by atoms with Gasteiger partial charge < -0.3 is 4.90 Å². The highest BCUT2D eigenvalue weighted by Gasteiger charge is 2.29. The van der Waals surface area contributed by atoms with Crippen molar-refractivity contribution >= 4 is 11.5 Å². The molecule has 5 nitrogen and oxygen atoms in total. The second-order valence-corrected chi connectivity index (χ2v) is 11.7. The molecule has 198 valence electrons. The first-order valence-corrected chi connectivity index (χ1v) is 13.9. The van der Waals surface area contributed by atoms with Gasteiger partial charge in [-0.05, 0) is 23.6 Å². The number of aromatic nitrogens is 3. The van der Waals surface area contributed by atoms with Gasteiger partial charge >= 0.3 is 0 Å². The zero-order valence-electron chi connectivity index (χ0n) is 23.4. The Morgan fingerprint density at radius 3 is 1.90 bits per heavy atom. The first-order chi connectivity index (χ1) is 18.9. The molecular weight excluding hydrogens is 478 g/mol.